The van der Waals surface area contributed by atoms with Crippen molar-refractivity contribution >= 4 is 24.7 Å². The summed E-state index contributed by atoms with van der Waals surface area (Å²) >= 11 is 0. The quantitative estimate of drug-likeness (QED) is 0.0800. The number of esters is 1. The summed E-state index contributed by atoms with van der Waals surface area (Å²) in [7, 11) is -2.53. The van der Waals surface area contributed by atoms with Gasteiger partial charge in [0, 0.05) is 6.42 Å². The van der Waals surface area contributed by atoms with Crippen molar-refractivity contribution in [3.8, 4) is 0 Å². The predicted octanol–water partition coefficient (Wildman–Crippen LogP) is 5.16. The van der Waals surface area contributed by atoms with Gasteiger partial charge in [0.1, 0.15) is 6.61 Å². The van der Waals surface area contributed by atoms with E-state index >= 15 is 0 Å². The number of unbranched alkanes of at least 4 members (excludes halogenated alkanes) is 3. The van der Waals surface area contributed by atoms with E-state index in [1.165, 1.54) is 10.4 Å². The van der Waals surface area contributed by atoms with Crippen molar-refractivity contribution in [1.82, 2.24) is 0 Å². The summed E-state index contributed by atoms with van der Waals surface area (Å²) in [4.78, 5) is 11.6. The van der Waals surface area contributed by atoms with Crippen LogP contribution in [0.3, 0.4) is 0 Å². The van der Waals surface area contributed by atoms with E-state index in [0.29, 0.717) is 79.1 Å². The van der Waals surface area contributed by atoms with Crippen LogP contribution in [-0.2, 0) is 37.6 Å². The molecule has 2 aromatic rings. The van der Waals surface area contributed by atoms with E-state index in [-0.39, 0.29) is 17.6 Å². The first kappa shape index (κ1) is 38.1. The number of benzene rings is 2. The Labute approximate surface area is 266 Å². The molecule has 8 nitrogen and oxygen atoms in total. The van der Waals surface area contributed by atoms with Crippen LogP contribution >= 0.6 is 0 Å². The Morgan fingerprint density at radius 3 is 1.39 bits per heavy atom. The van der Waals surface area contributed by atoms with E-state index in [1.54, 1.807) is 0 Å². The van der Waals surface area contributed by atoms with Crippen LogP contribution in [0.15, 0.2) is 60.7 Å². The molecule has 0 saturated carbocycles. The first-order valence-electron chi connectivity index (χ1n) is 16.2. The van der Waals surface area contributed by atoms with Crippen molar-refractivity contribution in [2.75, 3.05) is 79.3 Å². The molecule has 0 spiro atoms. The van der Waals surface area contributed by atoms with Gasteiger partial charge in [-0.15, -0.1) is 0 Å². The lowest BCUT2D eigenvalue weighted by Gasteiger charge is -2.43. The second kappa shape index (κ2) is 23.3. The fourth-order valence-electron chi connectivity index (χ4n) is 4.98. The molecule has 0 heterocycles. The topological polar surface area (TPSA) is 81.7 Å². The Bertz CT molecular complexity index is 928. The molecule has 0 atom stereocenters. The zero-order valence-electron chi connectivity index (χ0n) is 27.6. The standard InChI is InChI=1S/C35H56O8Si/c1-5-6-7-14-19-34(36)42-30-28-40-26-24-38-22-20-37-21-23-39-25-27-41-29-31-43-44(35(2,3)4,32-15-10-8-11-16-32)33-17-12-9-13-18-33/h8-13,15-18H,5-7,14,19-31H2,1-4H3. The first-order chi connectivity index (χ1) is 21.4. The molecule has 2 rings (SSSR count). The number of carbonyl (C=O) groups excluding carboxylic acids is 1. The van der Waals surface area contributed by atoms with E-state index in [2.05, 4.69) is 88.4 Å². The van der Waals surface area contributed by atoms with Crippen LogP contribution in [0.25, 0.3) is 0 Å². The maximum atomic E-state index is 11.6. The largest absolute Gasteiger partial charge is 0.463 e. The minimum absolute atomic E-state index is 0.0531. The molecule has 0 N–H and O–H groups in total. The van der Waals surface area contributed by atoms with Gasteiger partial charge in [-0.2, -0.15) is 0 Å². The van der Waals surface area contributed by atoms with Crippen molar-refractivity contribution in [1.29, 1.82) is 0 Å². The SMILES string of the molecule is CCCCCCC(=O)OCCOCCOCCOCCOCCOCCO[Si](c1ccccc1)(c1ccccc1)C(C)(C)C. The number of hydrogen-bond donors (Lipinski definition) is 0. The minimum Gasteiger partial charge on any atom is -0.463 e. The summed E-state index contributed by atoms with van der Waals surface area (Å²) in [6.07, 6.45) is 4.78. The molecule has 0 aliphatic carbocycles. The summed E-state index contributed by atoms with van der Waals surface area (Å²) in [5.74, 6) is -0.147. The van der Waals surface area contributed by atoms with Gasteiger partial charge in [0.05, 0.1) is 72.7 Å². The highest BCUT2D eigenvalue weighted by Crippen LogP contribution is 2.36. The first-order valence-corrected chi connectivity index (χ1v) is 18.1. The molecule has 0 amide bonds. The van der Waals surface area contributed by atoms with Crippen LogP contribution in [0, 0.1) is 0 Å². The molecular weight excluding hydrogens is 576 g/mol. The van der Waals surface area contributed by atoms with Gasteiger partial charge in [0.25, 0.3) is 8.32 Å². The highest BCUT2D eigenvalue weighted by Gasteiger charge is 2.49. The van der Waals surface area contributed by atoms with E-state index in [4.69, 9.17) is 32.8 Å². The maximum absolute atomic E-state index is 11.6. The molecule has 0 aliphatic rings. The van der Waals surface area contributed by atoms with Gasteiger partial charge in [0.2, 0.25) is 0 Å². The Kier molecular flexibility index (Phi) is 20.1. The molecule has 0 aromatic heterocycles. The van der Waals surface area contributed by atoms with Crippen LogP contribution in [0.5, 0.6) is 0 Å². The Morgan fingerprint density at radius 2 is 0.977 bits per heavy atom. The van der Waals surface area contributed by atoms with Crippen LogP contribution in [0.2, 0.25) is 5.04 Å². The van der Waals surface area contributed by atoms with Gasteiger partial charge >= 0.3 is 5.97 Å². The summed E-state index contributed by atoms with van der Waals surface area (Å²) in [5, 5.41) is 2.48. The molecule has 0 aliphatic heterocycles. The Morgan fingerprint density at radius 1 is 0.568 bits per heavy atom. The van der Waals surface area contributed by atoms with E-state index in [0.717, 1.165) is 25.7 Å². The molecule has 248 valence electrons. The van der Waals surface area contributed by atoms with E-state index in [9.17, 15) is 4.79 Å². The monoisotopic (exact) mass is 632 g/mol. The van der Waals surface area contributed by atoms with Crippen LogP contribution < -0.4 is 10.4 Å². The molecule has 0 bridgehead atoms. The number of rotatable bonds is 26. The van der Waals surface area contributed by atoms with Crippen molar-refractivity contribution < 1.29 is 37.6 Å². The van der Waals surface area contributed by atoms with E-state index in [1.807, 2.05) is 0 Å². The molecule has 44 heavy (non-hydrogen) atoms. The van der Waals surface area contributed by atoms with E-state index < -0.39 is 8.32 Å². The predicted molar refractivity (Wildman–Crippen MR) is 177 cm³/mol. The summed E-state index contributed by atoms with van der Waals surface area (Å²) in [5.41, 5.74) is 0. The molecule has 2 aromatic carbocycles. The van der Waals surface area contributed by atoms with Crippen LogP contribution in [-0.4, -0.2) is 93.6 Å². The molecule has 0 saturated heterocycles. The average Bonchev–Trinajstić information content (AvgIpc) is 3.02. The zero-order chi connectivity index (χ0) is 31.8. The fourth-order valence-corrected chi connectivity index (χ4v) is 9.52. The fraction of sp³-hybridized carbons (Fsp3) is 0.629. The highest BCUT2D eigenvalue weighted by molar-refractivity contribution is 6.99. The lowest BCUT2D eigenvalue weighted by molar-refractivity contribution is -0.145. The van der Waals surface area contributed by atoms with Gasteiger partial charge in [-0.1, -0.05) is 108 Å². The van der Waals surface area contributed by atoms with Gasteiger partial charge in [0.15, 0.2) is 0 Å². The highest BCUT2D eigenvalue weighted by atomic mass is 28.4. The summed E-state index contributed by atoms with van der Waals surface area (Å²) in [6.45, 7) is 14.6. The second-order valence-electron chi connectivity index (χ2n) is 11.6. The van der Waals surface area contributed by atoms with Crippen molar-refractivity contribution in [2.45, 2.75) is 64.8 Å². The van der Waals surface area contributed by atoms with Gasteiger partial charge in [-0.25, -0.2) is 0 Å². The molecule has 0 radical (unpaired) electrons. The number of carbonyl (C=O) groups is 1. The molecule has 0 unspecified atom stereocenters. The number of hydrogen-bond acceptors (Lipinski definition) is 8. The Hall–Kier alpha value is -2.11. The molecule has 9 heteroatoms. The van der Waals surface area contributed by atoms with Gasteiger partial charge < -0.3 is 32.8 Å². The van der Waals surface area contributed by atoms with Gasteiger partial charge in [-0.3, -0.25) is 4.79 Å². The smallest absolute Gasteiger partial charge is 0.305 e. The maximum Gasteiger partial charge on any atom is 0.305 e. The van der Waals surface area contributed by atoms with Crippen molar-refractivity contribution in [3.05, 3.63) is 60.7 Å². The Balaban J connectivity index is 1.46. The third-order valence-corrected chi connectivity index (χ3v) is 12.2. The zero-order valence-corrected chi connectivity index (χ0v) is 28.6. The van der Waals surface area contributed by atoms with Crippen LogP contribution in [0.4, 0.5) is 0 Å². The second-order valence-corrected chi connectivity index (χ2v) is 15.9. The molecular formula is C35H56O8Si. The number of ether oxygens (including phenoxy) is 6. The average molecular weight is 633 g/mol. The summed E-state index contributed by atoms with van der Waals surface area (Å²) in [6, 6.07) is 21.3. The van der Waals surface area contributed by atoms with Crippen LogP contribution in [0.1, 0.15) is 59.8 Å². The lowest BCUT2D eigenvalue weighted by Crippen LogP contribution is -2.66. The third-order valence-electron chi connectivity index (χ3n) is 7.18. The van der Waals surface area contributed by atoms with Crippen molar-refractivity contribution in [2.24, 2.45) is 0 Å². The van der Waals surface area contributed by atoms with Crippen molar-refractivity contribution in [3.63, 3.8) is 0 Å². The van der Waals surface area contributed by atoms with Gasteiger partial charge in [-0.05, 0) is 21.8 Å². The minimum atomic E-state index is -2.53. The lowest BCUT2D eigenvalue weighted by atomic mass is 10.2. The molecule has 0 fully saturated rings. The summed E-state index contributed by atoms with van der Waals surface area (Å²) < 4.78 is 39.9. The third kappa shape index (κ3) is 14.8. The normalized spacial score (nSPS) is 12.0.